The van der Waals surface area contributed by atoms with Crippen molar-refractivity contribution in [1.29, 1.82) is 0 Å². The highest BCUT2D eigenvalue weighted by atomic mass is 16.5. The molecular formula is C14H20O3. The highest BCUT2D eigenvalue weighted by molar-refractivity contribution is 5.99. The zero-order chi connectivity index (χ0) is 12.8. The van der Waals surface area contributed by atoms with Crippen molar-refractivity contribution in [2.45, 2.75) is 27.2 Å². The van der Waals surface area contributed by atoms with E-state index in [9.17, 15) is 4.79 Å². The van der Waals surface area contributed by atoms with E-state index in [2.05, 4.69) is 0 Å². The summed E-state index contributed by atoms with van der Waals surface area (Å²) in [6.45, 7) is 6.93. The van der Waals surface area contributed by atoms with E-state index in [1.165, 1.54) is 0 Å². The average molecular weight is 236 g/mol. The number of hydrogen-bond acceptors (Lipinski definition) is 3. The molecule has 0 saturated heterocycles. The Bertz CT molecular complexity index is 397. The van der Waals surface area contributed by atoms with Crippen molar-refractivity contribution in [1.82, 2.24) is 0 Å². The van der Waals surface area contributed by atoms with Crippen LogP contribution in [0.5, 0.6) is 5.75 Å². The van der Waals surface area contributed by atoms with Gasteiger partial charge >= 0.3 is 0 Å². The highest BCUT2D eigenvalue weighted by Gasteiger charge is 2.13. The Kier molecular flexibility index (Phi) is 5.16. The quantitative estimate of drug-likeness (QED) is 0.712. The van der Waals surface area contributed by atoms with Gasteiger partial charge in [-0.1, -0.05) is 0 Å². The molecule has 0 amide bonds. The molecule has 3 nitrogen and oxygen atoms in total. The first kappa shape index (κ1) is 13.7. The Morgan fingerprint density at radius 1 is 1.24 bits per heavy atom. The topological polar surface area (TPSA) is 35.5 Å². The van der Waals surface area contributed by atoms with Crippen LogP contribution >= 0.6 is 0 Å². The van der Waals surface area contributed by atoms with Gasteiger partial charge in [0.15, 0.2) is 5.78 Å². The van der Waals surface area contributed by atoms with Gasteiger partial charge in [0.05, 0.1) is 18.8 Å². The van der Waals surface area contributed by atoms with Crippen molar-refractivity contribution < 1.29 is 14.3 Å². The molecule has 17 heavy (non-hydrogen) atoms. The Balaban J connectivity index is 3.02. The molecule has 0 radical (unpaired) electrons. The van der Waals surface area contributed by atoms with Crippen molar-refractivity contribution in [2.75, 3.05) is 20.3 Å². The Labute approximate surface area is 103 Å². The van der Waals surface area contributed by atoms with Crippen LogP contribution in [0, 0.1) is 13.8 Å². The Morgan fingerprint density at radius 3 is 2.47 bits per heavy atom. The van der Waals surface area contributed by atoms with E-state index >= 15 is 0 Å². The molecule has 0 saturated carbocycles. The van der Waals surface area contributed by atoms with E-state index in [-0.39, 0.29) is 5.78 Å². The van der Waals surface area contributed by atoms with Gasteiger partial charge in [0.1, 0.15) is 5.75 Å². The van der Waals surface area contributed by atoms with E-state index in [1.807, 2.05) is 32.9 Å². The minimum absolute atomic E-state index is 0.0680. The molecule has 94 valence electrons. The minimum atomic E-state index is 0.0680. The summed E-state index contributed by atoms with van der Waals surface area (Å²) in [4.78, 5) is 12.0. The van der Waals surface area contributed by atoms with Gasteiger partial charge in [-0.15, -0.1) is 0 Å². The zero-order valence-electron chi connectivity index (χ0n) is 11.0. The number of carbonyl (C=O) groups is 1. The molecule has 0 aliphatic carbocycles. The van der Waals surface area contributed by atoms with Gasteiger partial charge in [-0.25, -0.2) is 0 Å². The summed E-state index contributed by atoms with van der Waals surface area (Å²) in [6.07, 6.45) is 0.388. The third kappa shape index (κ3) is 3.56. The molecule has 0 atom stereocenters. The first-order chi connectivity index (χ1) is 8.10. The van der Waals surface area contributed by atoms with Crippen LogP contribution in [0.4, 0.5) is 0 Å². The van der Waals surface area contributed by atoms with E-state index in [4.69, 9.17) is 9.47 Å². The molecule has 1 rings (SSSR count). The van der Waals surface area contributed by atoms with Crippen LogP contribution in [0.3, 0.4) is 0 Å². The van der Waals surface area contributed by atoms with Gasteiger partial charge in [-0.3, -0.25) is 4.79 Å². The summed E-state index contributed by atoms with van der Waals surface area (Å²) in [6, 6.07) is 3.83. The second-order valence-electron chi connectivity index (χ2n) is 4.03. The number of ketones is 1. The van der Waals surface area contributed by atoms with Crippen LogP contribution in [0.15, 0.2) is 12.1 Å². The number of Topliss-reactive ketones (excluding diaryl/α,β-unsaturated/α-hetero) is 1. The van der Waals surface area contributed by atoms with Crippen LogP contribution < -0.4 is 4.74 Å². The molecule has 0 bridgehead atoms. The van der Waals surface area contributed by atoms with Crippen LogP contribution in [-0.4, -0.2) is 26.1 Å². The number of benzene rings is 1. The molecule has 0 spiro atoms. The maximum atomic E-state index is 12.0. The van der Waals surface area contributed by atoms with E-state index < -0.39 is 0 Å². The molecule has 1 aromatic carbocycles. The lowest BCUT2D eigenvalue weighted by atomic mass is 10.0. The predicted octanol–water partition coefficient (Wildman–Crippen LogP) is 2.92. The summed E-state index contributed by atoms with van der Waals surface area (Å²) in [7, 11) is 1.59. The Hall–Kier alpha value is -1.35. The summed E-state index contributed by atoms with van der Waals surface area (Å²) in [5.41, 5.74) is 2.90. The molecule has 0 fully saturated rings. The maximum Gasteiger partial charge on any atom is 0.168 e. The van der Waals surface area contributed by atoms with Crippen LogP contribution in [0.25, 0.3) is 0 Å². The second kappa shape index (κ2) is 6.40. The molecular weight excluding hydrogens is 216 g/mol. The van der Waals surface area contributed by atoms with Gasteiger partial charge in [0.25, 0.3) is 0 Å². The van der Waals surface area contributed by atoms with Crippen LogP contribution in [-0.2, 0) is 4.74 Å². The molecule has 0 aromatic heterocycles. The van der Waals surface area contributed by atoms with Gasteiger partial charge < -0.3 is 9.47 Å². The lowest BCUT2D eigenvalue weighted by Gasteiger charge is -2.12. The van der Waals surface area contributed by atoms with Gasteiger partial charge in [-0.05, 0) is 44.0 Å². The zero-order valence-corrected chi connectivity index (χ0v) is 11.0. The second-order valence-corrected chi connectivity index (χ2v) is 4.03. The highest BCUT2D eigenvalue weighted by Crippen LogP contribution is 2.24. The number of carbonyl (C=O) groups excluding carboxylic acids is 1. The fourth-order valence-electron chi connectivity index (χ4n) is 1.61. The van der Waals surface area contributed by atoms with E-state index in [0.29, 0.717) is 30.9 Å². The molecule has 0 unspecified atom stereocenters. The number of aryl methyl sites for hydroxylation is 2. The van der Waals surface area contributed by atoms with Crippen molar-refractivity contribution >= 4 is 5.78 Å². The molecule has 0 aliphatic rings. The summed E-state index contributed by atoms with van der Waals surface area (Å²) in [5, 5.41) is 0. The third-order valence-corrected chi connectivity index (χ3v) is 2.73. The summed E-state index contributed by atoms with van der Waals surface area (Å²) < 4.78 is 10.4. The van der Waals surface area contributed by atoms with Crippen molar-refractivity contribution in [3.63, 3.8) is 0 Å². The fraction of sp³-hybridized carbons (Fsp3) is 0.500. The number of methoxy groups -OCH3 is 1. The molecule has 1 aromatic rings. The van der Waals surface area contributed by atoms with Gasteiger partial charge in [0.2, 0.25) is 0 Å². The van der Waals surface area contributed by atoms with Crippen LogP contribution in [0.1, 0.15) is 34.8 Å². The predicted molar refractivity (Wildman–Crippen MR) is 67.9 cm³/mol. The van der Waals surface area contributed by atoms with E-state index in [1.54, 1.807) is 7.11 Å². The first-order valence-electron chi connectivity index (χ1n) is 5.86. The molecule has 0 N–H and O–H groups in total. The fourth-order valence-corrected chi connectivity index (χ4v) is 1.61. The molecule has 0 aliphatic heterocycles. The lowest BCUT2D eigenvalue weighted by Crippen LogP contribution is -2.07. The third-order valence-electron chi connectivity index (χ3n) is 2.73. The van der Waals surface area contributed by atoms with Gasteiger partial charge in [0, 0.05) is 13.5 Å². The first-order valence-corrected chi connectivity index (χ1v) is 5.86. The molecule has 0 heterocycles. The smallest absolute Gasteiger partial charge is 0.168 e. The normalized spacial score (nSPS) is 10.4. The Morgan fingerprint density at radius 2 is 1.88 bits per heavy atom. The number of hydrogen-bond donors (Lipinski definition) is 0. The van der Waals surface area contributed by atoms with Gasteiger partial charge in [-0.2, -0.15) is 0 Å². The number of rotatable bonds is 6. The summed E-state index contributed by atoms with van der Waals surface area (Å²) in [5.74, 6) is 0.745. The lowest BCUT2D eigenvalue weighted by molar-refractivity contribution is 0.0928. The standard InChI is InChI=1S/C14H20O3/c1-5-17-14-9-11(3)10(2)8-12(14)13(15)6-7-16-4/h8-9H,5-7H2,1-4H3. The van der Waals surface area contributed by atoms with Crippen molar-refractivity contribution in [2.24, 2.45) is 0 Å². The molecule has 3 heteroatoms. The largest absolute Gasteiger partial charge is 0.493 e. The summed E-state index contributed by atoms with van der Waals surface area (Å²) >= 11 is 0. The monoisotopic (exact) mass is 236 g/mol. The van der Waals surface area contributed by atoms with Crippen LogP contribution in [0.2, 0.25) is 0 Å². The minimum Gasteiger partial charge on any atom is -0.493 e. The average Bonchev–Trinajstić information content (AvgIpc) is 2.30. The number of ether oxygens (including phenoxy) is 2. The SMILES string of the molecule is CCOc1cc(C)c(C)cc1C(=O)CCOC. The van der Waals surface area contributed by atoms with E-state index in [0.717, 1.165) is 11.1 Å². The van der Waals surface area contributed by atoms with Crippen molar-refractivity contribution in [3.8, 4) is 5.75 Å². The van der Waals surface area contributed by atoms with Crippen molar-refractivity contribution in [3.05, 3.63) is 28.8 Å². The maximum absolute atomic E-state index is 12.0.